The first kappa shape index (κ1) is 11.8. The van der Waals surface area contributed by atoms with Crippen LogP contribution in [0.3, 0.4) is 0 Å². The number of rotatable bonds is 1. The Bertz CT molecular complexity index is 507. The zero-order valence-corrected chi connectivity index (χ0v) is 10.7. The maximum Gasteiger partial charge on any atom is 0.260 e. The second kappa shape index (κ2) is 3.69. The van der Waals surface area contributed by atoms with Crippen molar-refractivity contribution in [2.24, 2.45) is 0 Å². The highest BCUT2D eigenvalue weighted by Gasteiger charge is 2.44. The van der Waals surface area contributed by atoms with Crippen LogP contribution >= 0.6 is 0 Å². The number of carbonyl (C=O) groups is 2. The molecule has 0 spiro atoms. The maximum absolute atomic E-state index is 12.2. The van der Waals surface area contributed by atoms with Gasteiger partial charge in [0.1, 0.15) is 0 Å². The van der Waals surface area contributed by atoms with Gasteiger partial charge in [0, 0.05) is 12.6 Å². The van der Waals surface area contributed by atoms with Gasteiger partial charge in [0.05, 0.1) is 5.41 Å². The van der Waals surface area contributed by atoms with Gasteiger partial charge in [0.2, 0.25) is 5.91 Å². The summed E-state index contributed by atoms with van der Waals surface area (Å²) in [7, 11) is 1.56. The number of fused-ring (bicyclic) bond motifs is 1. The minimum Gasteiger partial charge on any atom is -0.281 e. The minimum atomic E-state index is -0.578. The average molecular weight is 231 g/mol. The van der Waals surface area contributed by atoms with Crippen LogP contribution in [-0.2, 0) is 10.2 Å². The number of hydrogen-bond donors (Lipinski definition) is 0. The molecule has 1 heterocycles. The lowest BCUT2D eigenvalue weighted by atomic mass is 9.73. The van der Waals surface area contributed by atoms with Gasteiger partial charge in [-0.3, -0.25) is 14.5 Å². The third-order valence-electron chi connectivity index (χ3n) is 3.79. The Kier molecular flexibility index (Phi) is 2.57. The van der Waals surface area contributed by atoms with E-state index in [1.54, 1.807) is 7.05 Å². The minimum absolute atomic E-state index is 0.110. The summed E-state index contributed by atoms with van der Waals surface area (Å²) in [6.07, 6.45) is 0.694. The molecule has 0 fully saturated rings. The number of nitrogens with zero attached hydrogens (tertiary/aromatic N) is 1. The summed E-state index contributed by atoms with van der Waals surface area (Å²) in [5.74, 6) is -0.305. The molecule has 2 rings (SSSR count). The summed E-state index contributed by atoms with van der Waals surface area (Å²) in [6.45, 7) is 5.84. The quantitative estimate of drug-likeness (QED) is 0.695. The summed E-state index contributed by atoms with van der Waals surface area (Å²) >= 11 is 0. The first-order chi connectivity index (χ1) is 7.91. The number of likely N-dealkylation sites (N-methyl/N-ethyl adjacent to an activating group) is 1. The molecule has 1 aliphatic heterocycles. The standard InChI is InChI=1S/C14H17NO2/c1-5-14(3)11-7-6-9(2)8-10(11)12(16)15(4)13(14)17/h6-8H,5H2,1-4H3. The number of aryl methyl sites for hydroxylation is 1. The van der Waals surface area contributed by atoms with Crippen LogP contribution in [0.15, 0.2) is 18.2 Å². The number of benzene rings is 1. The van der Waals surface area contributed by atoms with Crippen molar-refractivity contribution in [3.05, 3.63) is 34.9 Å². The van der Waals surface area contributed by atoms with E-state index in [2.05, 4.69) is 0 Å². The Morgan fingerprint density at radius 1 is 1.29 bits per heavy atom. The predicted molar refractivity (Wildman–Crippen MR) is 65.9 cm³/mol. The Morgan fingerprint density at radius 2 is 1.94 bits per heavy atom. The first-order valence-electron chi connectivity index (χ1n) is 5.85. The fourth-order valence-electron chi connectivity index (χ4n) is 2.42. The molecule has 3 heteroatoms. The molecule has 1 atom stereocenters. The molecule has 90 valence electrons. The van der Waals surface area contributed by atoms with Gasteiger partial charge in [-0.05, 0) is 31.9 Å². The second-order valence-corrected chi connectivity index (χ2v) is 4.90. The largest absolute Gasteiger partial charge is 0.281 e. The van der Waals surface area contributed by atoms with Crippen LogP contribution in [0.4, 0.5) is 0 Å². The summed E-state index contributed by atoms with van der Waals surface area (Å²) in [4.78, 5) is 25.6. The van der Waals surface area contributed by atoms with Crippen molar-refractivity contribution in [1.29, 1.82) is 0 Å². The third kappa shape index (κ3) is 1.49. The molecule has 0 N–H and O–H groups in total. The first-order valence-corrected chi connectivity index (χ1v) is 5.85. The van der Waals surface area contributed by atoms with Gasteiger partial charge in [-0.2, -0.15) is 0 Å². The van der Waals surface area contributed by atoms with Crippen molar-refractivity contribution in [3.63, 3.8) is 0 Å². The average Bonchev–Trinajstić information content (AvgIpc) is 2.33. The van der Waals surface area contributed by atoms with Gasteiger partial charge in [-0.25, -0.2) is 0 Å². The van der Waals surface area contributed by atoms with E-state index < -0.39 is 5.41 Å². The fourth-order valence-corrected chi connectivity index (χ4v) is 2.42. The van der Waals surface area contributed by atoms with Crippen molar-refractivity contribution in [3.8, 4) is 0 Å². The van der Waals surface area contributed by atoms with Crippen molar-refractivity contribution >= 4 is 11.8 Å². The van der Waals surface area contributed by atoms with Gasteiger partial charge in [-0.1, -0.05) is 24.6 Å². The van der Waals surface area contributed by atoms with Crippen LogP contribution < -0.4 is 0 Å². The van der Waals surface area contributed by atoms with Gasteiger partial charge in [0.25, 0.3) is 5.91 Å². The lowest BCUT2D eigenvalue weighted by Crippen LogP contribution is -2.51. The molecule has 0 bridgehead atoms. The molecule has 17 heavy (non-hydrogen) atoms. The smallest absolute Gasteiger partial charge is 0.260 e. The number of imide groups is 1. The van der Waals surface area contributed by atoms with Crippen molar-refractivity contribution in [1.82, 2.24) is 4.90 Å². The molecule has 1 aromatic rings. The number of hydrogen-bond acceptors (Lipinski definition) is 2. The van der Waals surface area contributed by atoms with Gasteiger partial charge < -0.3 is 0 Å². The van der Waals surface area contributed by atoms with Crippen LogP contribution in [0.2, 0.25) is 0 Å². The fraction of sp³-hybridized carbons (Fsp3) is 0.429. The zero-order valence-electron chi connectivity index (χ0n) is 10.7. The van der Waals surface area contributed by atoms with Gasteiger partial charge >= 0.3 is 0 Å². The predicted octanol–water partition coefficient (Wildman–Crippen LogP) is 2.27. The lowest BCUT2D eigenvalue weighted by Gasteiger charge is -2.37. The van der Waals surface area contributed by atoms with Gasteiger partial charge in [-0.15, -0.1) is 0 Å². The second-order valence-electron chi connectivity index (χ2n) is 4.90. The molecule has 1 aromatic carbocycles. The van der Waals surface area contributed by atoms with E-state index >= 15 is 0 Å². The zero-order chi connectivity index (χ0) is 12.8. The van der Waals surface area contributed by atoms with Crippen LogP contribution in [0.1, 0.15) is 41.8 Å². The monoisotopic (exact) mass is 231 g/mol. The molecule has 0 aromatic heterocycles. The van der Waals surface area contributed by atoms with Crippen molar-refractivity contribution < 1.29 is 9.59 Å². The summed E-state index contributed by atoms with van der Waals surface area (Å²) in [5, 5.41) is 0. The molecule has 2 amide bonds. The topological polar surface area (TPSA) is 37.4 Å². The summed E-state index contributed by atoms with van der Waals surface area (Å²) in [6, 6.07) is 5.74. The lowest BCUT2D eigenvalue weighted by molar-refractivity contribution is -0.133. The van der Waals surface area contributed by atoms with Crippen molar-refractivity contribution in [2.45, 2.75) is 32.6 Å². The Hall–Kier alpha value is -1.64. The summed E-state index contributed by atoms with van der Waals surface area (Å²) in [5.41, 5.74) is 1.99. The van der Waals surface area contributed by atoms with E-state index in [-0.39, 0.29) is 11.8 Å². The Balaban J connectivity index is 2.73. The van der Waals surface area contributed by atoms with Crippen LogP contribution in [0.5, 0.6) is 0 Å². The van der Waals surface area contributed by atoms with E-state index in [4.69, 9.17) is 0 Å². The van der Waals surface area contributed by atoms with Crippen molar-refractivity contribution in [2.75, 3.05) is 7.05 Å². The Morgan fingerprint density at radius 3 is 2.53 bits per heavy atom. The third-order valence-corrected chi connectivity index (χ3v) is 3.79. The van der Waals surface area contributed by atoms with Gasteiger partial charge in [0.15, 0.2) is 0 Å². The molecule has 0 aliphatic carbocycles. The molecule has 0 saturated heterocycles. The van der Waals surface area contributed by atoms with E-state index in [0.29, 0.717) is 12.0 Å². The molecule has 0 saturated carbocycles. The van der Waals surface area contributed by atoms with Crippen LogP contribution in [-0.4, -0.2) is 23.8 Å². The highest BCUT2D eigenvalue weighted by molar-refractivity contribution is 6.12. The normalized spacial score (nSPS) is 23.9. The molecule has 3 nitrogen and oxygen atoms in total. The number of carbonyl (C=O) groups excluding carboxylic acids is 2. The maximum atomic E-state index is 12.2. The summed E-state index contributed by atoms with van der Waals surface area (Å²) < 4.78 is 0. The Labute approximate surface area is 101 Å². The molecular formula is C14H17NO2. The molecule has 1 aliphatic rings. The highest BCUT2D eigenvalue weighted by atomic mass is 16.2. The van der Waals surface area contributed by atoms with Crippen LogP contribution in [0.25, 0.3) is 0 Å². The SMILES string of the molecule is CCC1(C)C(=O)N(C)C(=O)c2cc(C)ccc21. The molecule has 0 radical (unpaired) electrons. The van der Waals surface area contributed by atoms with E-state index in [1.165, 1.54) is 4.90 Å². The van der Waals surface area contributed by atoms with E-state index in [9.17, 15) is 9.59 Å². The highest BCUT2D eigenvalue weighted by Crippen LogP contribution is 2.36. The van der Waals surface area contributed by atoms with E-state index in [1.807, 2.05) is 39.0 Å². The number of amides is 2. The molecular weight excluding hydrogens is 214 g/mol. The molecule has 1 unspecified atom stereocenters. The van der Waals surface area contributed by atoms with E-state index in [0.717, 1.165) is 11.1 Å². The van der Waals surface area contributed by atoms with Crippen LogP contribution in [0, 0.1) is 6.92 Å².